The zero-order valence-electron chi connectivity index (χ0n) is 9.95. The highest BCUT2D eigenvalue weighted by atomic mass is 16.6. The molecule has 0 spiro atoms. The third-order valence-corrected chi connectivity index (χ3v) is 3.18. The summed E-state index contributed by atoms with van der Waals surface area (Å²) >= 11 is 0. The minimum atomic E-state index is -0.680. The lowest BCUT2D eigenvalue weighted by Gasteiger charge is -2.38. The molecule has 0 bridgehead atoms. The lowest BCUT2D eigenvalue weighted by molar-refractivity contribution is -0.178. The van der Waals surface area contributed by atoms with E-state index in [0.717, 1.165) is 5.56 Å². The molecule has 1 saturated heterocycles. The van der Waals surface area contributed by atoms with E-state index in [1.54, 1.807) is 12.1 Å². The van der Waals surface area contributed by atoms with Crippen LogP contribution in [0.4, 0.5) is 0 Å². The van der Waals surface area contributed by atoms with E-state index >= 15 is 0 Å². The molecule has 1 N–H and O–H groups in total. The molecule has 2 heterocycles. The lowest BCUT2D eigenvalue weighted by Crippen LogP contribution is -2.46. The summed E-state index contributed by atoms with van der Waals surface area (Å²) in [5, 5.41) is 9.65. The van der Waals surface area contributed by atoms with Crippen LogP contribution in [0.1, 0.15) is 5.56 Å². The van der Waals surface area contributed by atoms with E-state index in [1.807, 2.05) is 41.2 Å². The van der Waals surface area contributed by atoms with Crippen molar-refractivity contribution in [3.05, 3.63) is 54.4 Å². The van der Waals surface area contributed by atoms with Crippen LogP contribution >= 0.6 is 0 Å². The molecule has 0 amide bonds. The predicted molar refractivity (Wildman–Crippen MR) is 66.4 cm³/mol. The Balaban J connectivity index is 2.10. The Morgan fingerprint density at radius 2 is 1.94 bits per heavy atom. The van der Waals surface area contributed by atoms with E-state index in [0.29, 0.717) is 19.8 Å². The standard InChI is InChI=1S/C14H15NO3/c16-13-5-3-4-12(10-13)14(11-17-8-9-18-14)15-6-1-2-7-15/h1-7,10,16H,8-9,11H2. The van der Waals surface area contributed by atoms with Crippen LogP contribution in [-0.4, -0.2) is 29.5 Å². The number of rotatable bonds is 2. The fourth-order valence-corrected chi connectivity index (χ4v) is 2.31. The van der Waals surface area contributed by atoms with Gasteiger partial charge in [0.2, 0.25) is 0 Å². The van der Waals surface area contributed by atoms with Crippen LogP contribution in [0.2, 0.25) is 0 Å². The van der Waals surface area contributed by atoms with Gasteiger partial charge in [-0.25, -0.2) is 0 Å². The van der Waals surface area contributed by atoms with Crippen molar-refractivity contribution in [1.29, 1.82) is 0 Å². The van der Waals surface area contributed by atoms with Crippen LogP contribution in [0.15, 0.2) is 48.8 Å². The molecule has 1 aliphatic rings. The largest absolute Gasteiger partial charge is 0.508 e. The highest BCUT2D eigenvalue weighted by Crippen LogP contribution is 2.32. The van der Waals surface area contributed by atoms with Crippen LogP contribution in [0.5, 0.6) is 5.75 Å². The van der Waals surface area contributed by atoms with Gasteiger partial charge in [-0.05, 0) is 24.3 Å². The monoisotopic (exact) mass is 245 g/mol. The molecule has 1 aromatic heterocycles. The van der Waals surface area contributed by atoms with Crippen molar-refractivity contribution in [3.8, 4) is 5.75 Å². The number of nitrogens with zero attached hydrogens (tertiary/aromatic N) is 1. The van der Waals surface area contributed by atoms with Crippen LogP contribution < -0.4 is 0 Å². The quantitative estimate of drug-likeness (QED) is 0.879. The van der Waals surface area contributed by atoms with Gasteiger partial charge in [0.15, 0.2) is 5.72 Å². The summed E-state index contributed by atoms with van der Waals surface area (Å²) in [6.07, 6.45) is 3.89. The first-order valence-electron chi connectivity index (χ1n) is 5.96. The fraction of sp³-hybridized carbons (Fsp3) is 0.286. The summed E-state index contributed by atoms with van der Waals surface area (Å²) < 4.78 is 13.5. The molecule has 0 saturated carbocycles. The van der Waals surface area contributed by atoms with Gasteiger partial charge in [0, 0.05) is 18.0 Å². The first-order valence-corrected chi connectivity index (χ1v) is 5.96. The summed E-state index contributed by atoms with van der Waals surface area (Å²) in [4.78, 5) is 0. The zero-order valence-corrected chi connectivity index (χ0v) is 9.95. The molecule has 0 radical (unpaired) electrons. The molecule has 1 atom stereocenters. The third kappa shape index (κ3) is 1.79. The first kappa shape index (κ1) is 11.3. The Labute approximate surface area is 105 Å². The molecule has 0 aliphatic carbocycles. The lowest BCUT2D eigenvalue weighted by atomic mass is 10.0. The SMILES string of the molecule is Oc1cccc(C2(n3cccc3)COCCO2)c1. The maximum absolute atomic E-state index is 9.65. The number of phenols is 1. The minimum absolute atomic E-state index is 0.230. The van der Waals surface area contributed by atoms with Crippen molar-refractivity contribution in [3.63, 3.8) is 0 Å². The second-order valence-electron chi connectivity index (χ2n) is 4.33. The molecule has 1 fully saturated rings. The molecule has 4 nitrogen and oxygen atoms in total. The van der Waals surface area contributed by atoms with Gasteiger partial charge in [-0.3, -0.25) is 0 Å². The zero-order chi connectivity index (χ0) is 12.4. The molecule has 94 valence electrons. The topological polar surface area (TPSA) is 43.6 Å². The van der Waals surface area contributed by atoms with E-state index in [9.17, 15) is 5.11 Å². The number of hydrogen-bond acceptors (Lipinski definition) is 3. The minimum Gasteiger partial charge on any atom is -0.508 e. The van der Waals surface area contributed by atoms with E-state index in [-0.39, 0.29) is 5.75 Å². The first-order chi connectivity index (χ1) is 8.81. The normalized spacial score (nSPS) is 24.0. The maximum atomic E-state index is 9.65. The molecule has 2 aromatic rings. The summed E-state index contributed by atoms with van der Waals surface area (Å²) in [6.45, 7) is 1.57. The van der Waals surface area contributed by atoms with E-state index in [1.165, 1.54) is 0 Å². The second kappa shape index (κ2) is 4.48. The number of hydrogen-bond donors (Lipinski definition) is 1. The van der Waals surface area contributed by atoms with Crippen molar-refractivity contribution in [1.82, 2.24) is 4.57 Å². The number of aromatic nitrogens is 1. The number of phenolic OH excluding ortho intramolecular Hbond substituents is 1. The van der Waals surface area contributed by atoms with Crippen molar-refractivity contribution in [2.75, 3.05) is 19.8 Å². The van der Waals surface area contributed by atoms with Crippen molar-refractivity contribution < 1.29 is 14.6 Å². The van der Waals surface area contributed by atoms with E-state index in [4.69, 9.17) is 9.47 Å². The van der Waals surface area contributed by atoms with Gasteiger partial charge in [-0.15, -0.1) is 0 Å². The molecular formula is C14H15NO3. The average Bonchev–Trinajstić information content (AvgIpc) is 2.94. The van der Waals surface area contributed by atoms with Gasteiger partial charge >= 0.3 is 0 Å². The van der Waals surface area contributed by atoms with Gasteiger partial charge in [0.1, 0.15) is 5.75 Å². The Kier molecular flexibility index (Phi) is 2.81. The van der Waals surface area contributed by atoms with Crippen LogP contribution in [0.25, 0.3) is 0 Å². The highest BCUT2D eigenvalue weighted by molar-refractivity contribution is 5.32. The number of aromatic hydroxyl groups is 1. The summed E-state index contributed by atoms with van der Waals surface area (Å²) in [5.74, 6) is 0.230. The van der Waals surface area contributed by atoms with Gasteiger partial charge in [-0.1, -0.05) is 12.1 Å². The molecule has 18 heavy (non-hydrogen) atoms. The average molecular weight is 245 g/mol. The Bertz CT molecular complexity index is 516. The summed E-state index contributed by atoms with van der Waals surface area (Å²) in [7, 11) is 0. The fourth-order valence-electron chi connectivity index (χ4n) is 2.31. The van der Waals surface area contributed by atoms with E-state index in [2.05, 4.69) is 0 Å². The van der Waals surface area contributed by atoms with Crippen molar-refractivity contribution >= 4 is 0 Å². The van der Waals surface area contributed by atoms with Crippen LogP contribution in [0, 0.1) is 0 Å². The van der Waals surface area contributed by atoms with Gasteiger partial charge < -0.3 is 19.1 Å². The predicted octanol–water partition coefficient (Wildman–Crippen LogP) is 1.94. The molecule has 1 unspecified atom stereocenters. The number of ether oxygens (including phenoxy) is 2. The highest BCUT2D eigenvalue weighted by Gasteiger charge is 2.37. The van der Waals surface area contributed by atoms with Crippen LogP contribution in [0.3, 0.4) is 0 Å². The van der Waals surface area contributed by atoms with Crippen molar-refractivity contribution in [2.45, 2.75) is 5.72 Å². The number of benzene rings is 1. The van der Waals surface area contributed by atoms with Gasteiger partial charge in [0.05, 0.1) is 19.8 Å². The van der Waals surface area contributed by atoms with Crippen LogP contribution in [-0.2, 0) is 15.2 Å². The Morgan fingerprint density at radius 1 is 1.11 bits per heavy atom. The molecule has 3 rings (SSSR count). The smallest absolute Gasteiger partial charge is 0.194 e. The third-order valence-electron chi connectivity index (χ3n) is 3.18. The van der Waals surface area contributed by atoms with E-state index < -0.39 is 5.72 Å². The van der Waals surface area contributed by atoms with Crippen molar-refractivity contribution in [2.24, 2.45) is 0 Å². The molecule has 1 aromatic carbocycles. The van der Waals surface area contributed by atoms with Gasteiger partial charge in [0.25, 0.3) is 0 Å². The summed E-state index contributed by atoms with van der Waals surface area (Å²) in [5.41, 5.74) is 0.207. The summed E-state index contributed by atoms with van der Waals surface area (Å²) in [6, 6.07) is 11.0. The van der Waals surface area contributed by atoms with Gasteiger partial charge in [-0.2, -0.15) is 0 Å². The maximum Gasteiger partial charge on any atom is 0.194 e. The molecule has 1 aliphatic heterocycles. The Morgan fingerprint density at radius 3 is 2.61 bits per heavy atom. The molecule has 4 heteroatoms. The molecular weight excluding hydrogens is 230 g/mol. The Hall–Kier alpha value is -1.78. The second-order valence-corrected chi connectivity index (χ2v) is 4.33.